The van der Waals surface area contributed by atoms with Crippen LogP contribution in [0.3, 0.4) is 0 Å². The van der Waals surface area contributed by atoms with E-state index in [0.717, 1.165) is 11.8 Å². The van der Waals surface area contributed by atoms with Gasteiger partial charge in [0.15, 0.2) is 0 Å². The van der Waals surface area contributed by atoms with Crippen LogP contribution in [-0.2, 0) is 0 Å². The fourth-order valence-electron chi connectivity index (χ4n) is 1.93. The second kappa shape index (κ2) is 4.08. The van der Waals surface area contributed by atoms with Crippen LogP contribution in [0.1, 0.15) is 26.7 Å². The lowest BCUT2D eigenvalue weighted by Gasteiger charge is -2.32. The van der Waals surface area contributed by atoms with Crippen LogP contribution in [0.15, 0.2) is 12.2 Å². The summed E-state index contributed by atoms with van der Waals surface area (Å²) in [4.78, 5) is 2.42. The Morgan fingerprint density at radius 3 is 2.33 bits per heavy atom. The molecule has 12 heavy (non-hydrogen) atoms. The third-order valence-corrected chi connectivity index (χ3v) is 3.25. The van der Waals surface area contributed by atoms with E-state index in [1.165, 1.54) is 31.5 Å². The number of hydrogen-bond donors (Lipinski definition) is 0. The molecule has 1 fully saturated rings. The summed E-state index contributed by atoms with van der Waals surface area (Å²) in [5.74, 6) is 1.61. The molecule has 0 saturated carbocycles. The number of allylic oxidation sites excluding steroid dienone is 1. The molecule has 1 unspecified atom stereocenters. The third kappa shape index (κ3) is 2.34. The highest BCUT2D eigenvalue weighted by Gasteiger charge is 2.22. The lowest BCUT2D eigenvalue weighted by molar-refractivity contribution is 0.191. The van der Waals surface area contributed by atoms with E-state index >= 15 is 0 Å². The highest BCUT2D eigenvalue weighted by Crippen LogP contribution is 2.28. The van der Waals surface area contributed by atoms with Gasteiger partial charge < -0.3 is 4.90 Å². The Hall–Kier alpha value is -0.300. The second-order valence-electron chi connectivity index (χ2n) is 4.28. The molecule has 0 spiro atoms. The van der Waals surface area contributed by atoms with E-state index in [0.29, 0.717) is 0 Å². The summed E-state index contributed by atoms with van der Waals surface area (Å²) >= 11 is 0. The van der Waals surface area contributed by atoms with E-state index in [4.69, 9.17) is 0 Å². The molecule has 0 aromatic rings. The first kappa shape index (κ1) is 9.79. The molecule has 1 heteroatoms. The van der Waals surface area contributed by atoms with Gasteiger partial charge in [-0.2, -0.15) is 0 Å². The molecule has 0 aromatic carbocycles. The van der Waals surface area contributed by atoms with E-state index in [1.54, 1.807) is 0 Å². The van der Waals surface area contributed by atoms with Gasteiger partial charge in [-0.15, -0.1) is 0 Å². The third-order valence-electron chi connectivity index (χ3n) is 3.25. The van der Waals surface area contributed by atoms with E-state index < -0.39 is 0 Å². The van der Waals surface area contributed by atoms with Crippen molar-refractivity contribution in [2.75, 3.05) is 20.1 Å². The molecule has 0 aromatic heterocycles. The molecule has 0 amide bonds. The Balaban J connectivity index is 2.39. The van der Waals surface area contributed by atoms with Crippen molar-refractivity contribution >= 4 is 0 Å². The molecule has 0 radical (unpaired) electrons. The molecule has 1 saturated heterocycles. The predicted molar refractivity (Wildman–Crippen MR) is 54.2 cm³/mol. The summed E-state index contributed by atoms with van der Waals surface area (Å²) in [6.07, 6.45) is 2.70. The maximum absolute atomic E-state index is 4.04. The Bertz CT molecular complexity index is 154. The lowest BCUT2D eigenvalue weighted by atomic mass is 9.82. The van der Waals surface area contributed by atoms with Crippen molar-refractivity contribution in [3.8, 4) is 0 Å². The van der Waals surface area contributed by atoms with Crippen LogP contribution in [0.5, 0.6) is 0 Å². The molecule has 1 heterocycles. The standard InChI is InChI=1S/C11H21N/c1-9(2)10(3)11-5-7-12(4)8-6-11/h10-11H,1,5-8H2,2-4H3. The van der Waals surface area contributed by atoms with Gasteiger partial charge in [0.25, 0.3) is 0 Å². The zero-order valence-corrected chi connectivity index (χ0v) is 8.64. The van der Waals surface area contributed by atoms with E-state index in [1.807, 2.05) is 0 Å². The van der Waals surface area contributed by atoms with Crippen LogP contribution < -0.4 is 0 Å². The SMILES string of the molecule is C=C(C)C(C)C1CCN(C)CC1. The molecule has 1 rings (SSSR count). The smallest absolute Gasteiger partial charge is 0.00189 e. The van der Waals surface area contributed by atoms with Crippen LogP contribution in [0.2, 0.25) is 0 Å². The summed E-state index contributed by atoms with van der Waals surface area (Å²) in [5.41, 5.74) is 1.35. The molecule has 1 aliphatic rings. The Kier molecular flexibility index (Phi) is 3.33. The zero-order valence-electron chi connectivity index (χ0n) is 8.64. The van der Waals surface area contributed by atoms with Crippen LogP contribution in [-0.4, -0.2) is 25.0 Å². The first-order valence-electron chi connectivity index (χ1n) is 4.95. The minimum absolute atomic E-state index is 0.721. The Morgan fingerprint density at radius 2 is 1.92 bits per heavy atom. The van der Waals surface area contributed by atoms with Crippen molar-refractivity contribution in [1.82, 2.24) is 4.90 Å². The summed E-state index contributed by atoms with van der Waals surface area (Å²) in [6.45, 7) is 11.0. The molecule has 1 nitrogen and oxygen atoms in total. The highest BCUT2D eigenvalue weighted by atomic mass is 15.1. The van der Waals surface area contributed by atoms with Gasteiger partial charge in [0.1, 0.15) is 0 Å². The number of likely N-dealkylation sites (tertiary alicyclic amines) is 1. The van der Waals surface area contributed by atoms with Crippen molar-refractivity contribution < 1.29 is 0 Å². The van der Waals surface area contributed by atoms with Gasteiger partial charge in [0.2, 0.25) is 0 Å². The first-order valence-corrected chi connectivity index (χ1v) is 4.95. The average Bonchev–Trinajstić information content (AvgIpc) is 2.04. The second-order valence-corrected chi connectivity index (χ2v) is 4.28. The van der Waals surface area contributed by atoms with Gasteiger partial charge in [0, 0.05) is 0 Å². The molecule has 1 aliphatic heterocycles. The van der Waals surface area contributed by atoms with Gasteiger partial charge in [-0.05, 0) is 51.7 Å². The van der Waals surface area contributed by atoms with Crippen molar-refractivity contribution in [2.24, 2.45) is 11.8 Å². The van der Waals surface area contributed by atoms with E-state index in [2.05, 4.69) is 32.4 Å². The van der Waals surface area contributed by atoms with Crippen LogP contribution in [0.4, 0.5) is 0 Å². The highest BCUT2D eigenvalue weighted by molar-refractivity contribution is 4.97. The lowest BCUT2D eigenvalue weighted by Crippen LogP contribution is -2.32. The van der Waals surface area contributed by atoms with Crippen LogP contribution in [0.25, 0.3) is 0 Å². The fourth-order valence-corrected chi connectivity index (χ4v) is 1.93. The van der Waals surface area contributed by atoms with E-state index in [-0.39, 0.29) is 0 Å². The molecular weight excluding hydrogens is 146 g/mol. The van der Waals surface area contributed by atoms with Gasteiger partial charge in [-0.25, -0.2) is 0 Å². The summed E-state index contributed by atoms with van der Waals surface area (Å²) in [6, 6.07) is 0. The molecular formula is C11H21N. The molecule has 1 atom stereocenters. The number of piperidine rings is 1. The van der Waals surface area contributed by atoms with Crippen LogP contribution >= 0.6 is 0 Å². The number of nitrogens with zero attached hydrogens (tertiary/aromatic N) is 1. The van der Waals surface area contributed by atoms with Gasteiger partial charge in [-0.3, -0.25) is 0 Å². The monoisotopic (exact) mass is 167 g/mol. The van der Waals surface area contributed by atoms with Crippen molar-refractivity contribution in [3.05, 3.63) is 12.2 Å². The summed E-state index contributed by atoms with van der Waals surface area (Å²) in [7, 11) is 2.21. The Labute approximate surface area is 76.5 Å². The summed E-state index contributed by atoms with van der Waals surface area (Å²) < 4.78 is 0. The number of rotatable bonds is 2. The normalized spacial score (nSPS) is 23.9. The van der Waals surface area contributed by atoms with Gasteiger partial charge in [-0.1, -0.05) is 19.1 Å². The van der Waals surface area contributed by atoms with E-state index in [9.17, 15) is 0 Å². The molecule has 70 valence electrons. The van der Waals surface area contributed by atoms with Crippen LogP contribution in [0, 0.1) is 11.8 Å². The minimum Gasteiger partial charge on any atom is -0.306 e. The fraction of sp³-hybridized carbons (Fsp3) is 0.818. The topological polar surface area (TPSA) is 3.24 Å². The molecule has 0 N–H and O–H groups in total. The van der Waals surface area contributed by atoms with Crippen molar-refractivity contribution in [3.63, 3.8) is 0 Å². The summed E-state index contributed by atoms with van der Waals surface area (Å²) in [5, 5.41) is 0. The number of hydrogen-bond acceptors (Lipinski definition) is 1. The molecule has 0 aliphatic carbocycles. The first-order chi connectivity index (χ1) is 5.61. The van der Waals surface area contributed by atoms with Gasteiger partial charge in [0.05, 0.1) is 0 Å². The van der Waals surface area contributed by atoms with Crippen molar-refractivity contribution in [2.45, 2.75) is 26.7 Å². The van der Waals surface area contributed by atoms with Gasteiger partial charge >= 0.3 is 0 Å². The largest absolute Gasteiger partial charge is 0.306 e. The maximum atomic E-state index is 4.04. The minimum atomic E-state index is 0.721. The maximum Gasteiger partial charge on any atom is -0.00189 e. The molecule has 0 bridgehead atoms. The average molecular weight is 167 g/mol. The quantitative estimate of drug-likeness (QED) is 0.571. The Morgan fingerprint density at radius 1 is 1.42 bits per heavy atom. The van der Waals surface area contributed by atoms with Crippen molar-refractivity contribution in [1.29, 1.82) is 0 Å². The zero-order chi connectivity index (χ0) is 9.14. The predicted octanol–water partition coefficient (Wildman–Crippen LogP) is 2.54.